The Bertz CT molecular complexity index is 720. The van der Waals surface area contributed by atoms with Crippen LogP contribution in [0.1, 0.15) is 78.0 Å². The van der Waals surface area contributed by atoms with Crippen molar-refractivity contribution in [1.29, 1.82) is 0 Å². The lowest BCUT2D eigenvalue weighted by Crippen LogP contribution is -2.43. The van der Waals surface area contributed by atoms with Gasteiger partial charge in [-0.05, 0) is 61.0 Å². The maximum absolute atomic E-state index is 13.1. The van der Waals surface area contributed by atoms with Crippen molar-refractivity contribution in [2.24, 2.45) is 23.7 Å². The van der Waals surface area contributed by atoms with Gasteiger partial charge in [0.25, 0.3) is 0 Å². The lowest BCUT2D eigenvalue weighted by molar-refractivity contribution is -0.159. The summed E-state index contributed by atoms with van der Waals surface area (Å²) in [6.07, 6.45) is 6.39. The molecule has 7 nitrogen and oxygen atoms in total. The minimum absolute atomic E-state index is 0.000201. The smallest absolute Gasteiger partial charge is 0.323 e. The van der Waals surface area contributed by atoms with Crippen LogP contribution in [0, 0.1) is 23.7 Å². The highest BCUT2D eigenvalue weighted by atomic mass is 16.5. The van der Waals surface area contributed by atoms with Gasteiger partial charge in [0.05, 0.1) is 0 Å². The van der Waals surface area contributed by atoms with Crippen LogP contribution in [0.4, 0.5) is 0 Å². The number of amides is 1. The Morgan fingerprint density at radius 2 is 1.97 bits per heavy atom. The van der Waals surface area contributed by atoms with Crippen LogP contribution in [0.15, 0.2) is 18.3 Å². The molecule has 1 aromatic heterocycles. The summed E-state index contributed by atoms with van der Waals surface area (Å²) in [6.45, 7) is 11.4. The molecular formula is C25H41N3O4. The van der Waals surface area contributed by atoms with Gasteiger partial charge in [-0.2, -0.15) is 0 Å². The predicted molar refractivity (Wildman–Crippen MR) is 124 cm³/mol. The van der Waals surface area contributed by atoms with Gasteiger partial charge in [0.1, 0.15) is 12.1 Å². The number of ether oxygens (including phenoxy) is 1. The molecule has 0 aromatic carbocycles. The van der Waals surface area contributed by atoms with Crippen LogP contribution in [-0.4, -0.2) is 34.2 Å². The Morgan fingerprint density at radius 3 is 2.56 bits per heavy atom. The minimum atomic E-state index is -0.431. The van der Waals surface area contributed by atoms with Crippen LogP contribution in [0.25, 0.3) is 0 Å². The van der Waals surface area contributed by atoms with E-state index in [1.165, 1.54) is 6.42 Å². The van der Waals surface area contributed by atoms with Crippen LogP contribution in [0.5, 0.6) is 0 Å². The molecule has 1 fully saturated rings. The van der Waals surface area contributed by atoms with Gasteiger partial charge < -0.3 is 10.1 Å². The first-order chi connectivity index (χ1) is 15.2. The molecular weight excluding hydrogens is 406 g/mol. The van der Waals surface area contributed by atoms with Gasteiger partial charge in [0.15, 0.2) is 0 Å². The topological polar surface area (TPSA) is 101 Å². The van der Waals surface area contributed by atoms with Gasteiger partial charge in [0.2, 0.25) is 5.91 Å². The molecule has 1 aliphatic carbocycles. The van der Waals surface area contributed by atoms with Gasteiger partial charge >= 0.3 is 5.97 Å². The first-order valence-corrected chi connectivity index (χ1v) is 12.0. The Morgan fingerprint density at radius 1 is 1.22 bits per heavy atom. The Balaban J connectivity index is 1.95. The number of carbonyl (C=O) groups excluding carboxylic acids is 2. The molecule has 0 spiro atoms. The standard InChI is InChI=1S/C25H41N3O4/c1-16(2)12-22(25(30)32-23-13-18(5)6-10-21(23)17(3)4)27-15-19-7-8-20(26-14-19)9-11-24(29)28-31/h7-8,14,16-18,21-23,27,31H,6,9-13,15H2,1-5H3,(H,28,29)/t18-,21+,22-,23-/m1/s1. The van der Waals surface area contributed by atoms with E-state index in [1.54, 1.807) is 11.7 Å². The van der Waals surface area contributed by atoms with Gasteiger partial charge in [0, 0.05) is 24.9 Å². The predicted octanol–water partition coefficient (Wildman–Crippen LogP) is 4.03. The number of nitrogens with zero attached hydrogens (tertiary/aromatic N) is 1. The van der Waals surface area contributed by atoms with Crippen LogP contribution < -0.4 is 10.8 Å². The van der Waals surface area contributed by atoms with Crippen molar-refractivity contribution < 1.29 is 19.5 Å². The maximum Gasteiger partial charge on any atom is 0.323 e. The molecule has 0 radical (unpaired) electrons. The number of hydrogen-bond donors (Lipinski definition) is 3. The number of rotatable bonds is 11. The fraction of sp³-hybridized carbons (Fsp3) is 0.720. The second-order valence-corrected chi connectivity index (χ2v) is 10.1. The quantitative estimate of drug-likeness (QED) is 0.269. The number of aromatic nitrogens is 1. The second-order valence-electron chi connectivity index (χ2n) is 10.1. The fourth-order valence-electron chi connectivity index (χ4n) is 4.46. The van der Waals surface area contributed by atoms with Crippen molar-refractivity contribution in [2.75, 3.05) is 0 Å². The summed E-state index contributed by atoms with van der Waals surface area (Å²) in [4.78, 5) is 28.7. The number of carbonyl (C=O) groups is 2. The summed E-state index contributed by atoms with van der Waals surface area (Å²) >= 11 is 0. The van der Waals surface area contributed by atoms with Gasteiger partial charge in [-0.15, -0.1) is 0 Å². The third kappa shape index (κ3) is 8.51. The normalized spacial score (nSPS) is 22.1. The van der Waals surface area contributed by atoms with Crippen LogP contribution in [0.2, 0.25) is 0 Å². The Kier molecular flexibility index (Phi) is 10.6. The molecule has 0 unspecified atom stereocenters. The lowest BCUT2D eigenvalue weighted by Gasteiger charge is -2.37. The van der Waals surface area contributed by atoms with E-state index in [9.17, 15) is 9.59 Å². The zero-order valence-corrected chi connectivity index (χ0v) is 20.3. The van der Waals surface area contributed by atoms with Crippen molar-refractivity contribution in [1.82, 2.24) is 15.8 Å². The zero-order valence-electron chi connectivity index (χ0n) is 20.3. The number of aryl methyl sites for hydroxylation is 1. The molecule has 7 heteroatoms. The molecule has 1 heterocycles. The van der Waals surface area contributed by atoms with E-state index in [-0.39, 0.29) is 24.5 Å². The van der Waals surface area contributed by atoms with Crippen molar-refractivity contribution >= 4 is 11.9 Å². The fourth-order valence-corrected chi connectivity index (χ4v) is 4.46. The summed E-state index contributed by atoms with van der Waals surface area (Å²) in [7, 11) is 0. The highest BCUT2D eigenvalue weighted by Gasteiger charge is 2.35. The number of nitrogens with one attached hydrogen (secondary N) is 2. The van der Waals surface area contributed by atoms with E-state index in [0.29, 0.717) is 36.6 Å². The van der Waals surface area contributed by atoms with Crippen molar-refractivity contribution in [3.05, 3.63) is 29.6 Å². The van der Waals surface area contributed by atoms with E-state index in [2.05, 4.69) is 44.9 Å². The Hall–Kier alpha value is -1.99. The number of esters is 1. The van der Waals surface area contributed by atoms with E-state index in [1.807, 2.05) is 12.1 Å². The number of pyridine rings is 1. The van der Waals surface area contributed by atoms with E-state index in [0.717, 1.165) is 30.5 Å². The molecule has 2 rings (SSSR count). The largest absolute Gasteiger partial charge is 0.461 e. The monoisotopic (exact) mass is 447 g/mol. The third-order valence-corrected chi connectivity index (χ3v) is 6.39. The van der Waals surface area contributed by atoms with Crippen LogP contribution >= 0.6 is 0 Å². The average Bonchev–Trinajstić information content (AvgIpc) is 2.75. The maximum atomic E-state index is 13.1. The molecule has 3 N–H and O–H groups in total. The first kappa shape index (κ1) is 26.3. The number of hydroxylamine groups is 1. The highest BCUT2D eigenvalue weighted by molar-refractivity contribution is 5.76. The van der Waals surface area contributed by atoms with Gasteiger partial charge in [-0.25, -0.2) is 5.48 Å². The van der Waals surface area contributed by atoms with Gasteiger partial charge in [-0.3, -0.25) is 19.8 Å². The summed E-state index contributed by atoms with van der Waals surface area (Å²) < 4.78 is 6.10. The second kappa shape index (κ2) is 12.9. The molecule has 1 amide bonds. The lowest BCUT2D eigenvalue weighted by atomic mass is 9.75. The zero-order chi connectivity index (χ0) is 23.7. The SMILES string of the molecule is CC(C)C[C@@H](NCc1ccc(CCC(=O)NO)nc1)C(=O)O[C@@H]1C[C@H](C)CC[C@H]1C(C)C. The van der Waals surface area contributed by atoms with E-state index < -0.39 is 5.91 Å². The summed E-state index contributed by atoms with van der Waals surface area (Å²) in [6, 6.07) is 3.46. The molecule has 180 valence electrons. The van der Waals surface area contributed by atoms with E-state index >= 15 is 0 Å². The molecule has 0 bridgehead atoms. The summed E-state index contributed by atoms with van der Waals surface area (Å²) in [5.74, 6) is 1.31. The highest BCUT2D eigenvalue weighted by Crippen LogP contribution is 2.35. The molecule has 1 aromatic rings. The van der Waals surface area contributed by atoms with Crippen LogP contribution in [0.3, 0.4) is 0 Å². The number of hydrogen-bond acceptors (Lipinski definition) is 6. The molecule has 0 aliphatic heterocycles. The summed E-state index contributed by atoms with van der Waals surface area (Å²) in [5.41, 5.74) is 3.37. The summed E-state index contributed by atoms with van der Waals surface area (Å²) in [5, 5.41) is 12.0. The van der Waals surface area contributed by atoms with Crippen LogP contribution in [-0.2, 0) is 27.3 Å². The van der Waals surface area contributed by atoms with Gasteiger partial charge in [-0.1, -0.05) is 47.1 Å². The molecule has 1 saturated carbocycles. The average molecular weight is 448 g/mol. The van der Waals surface area contributed by atoms with Crippen molar-refractivity contribution in [3.8, 4) is 0 Å². The third-order valence-electron chi connectivity index (χ3n) is 6.39. The molecule has 32 heavy (non-hydrogen) atoms. The van der Waals surface area contributed by atoms with Crippen molar-refractivity contribution in [2.45, 2.75) is 91.8 Å². The molecule has 1 aliphatic rings. The van der Waals surface area contributed by atoms with Crippen molar-refractivity contribution in [3.63, 3.8) is 0 Å². The Labute approximate surface area is 192 Å². The van der Waals surface area contributed by atoms with E-state index in [4.69, 9.17) is 9.94 Å². The first-order valence-electron chi connectivity index (χ1n) is 12.0. The molecule has 4 atom stereocenters. The minimum Gasteiger partial charge on any atom is -0.461 e. The molecule has 0 saturated heterocycles.